The van der Waals surface area contributed by atoms with Gasteiger partial charge >= 0.3 is 0 Å². The first-order valence-electron chi connectivity index (χ1n) is 9.61. The third-order valence-electron chi connectivity index (χ3n) is 5.00. The Kier molecular flexibility index (Phi) is 6.31. The lowest BCUT2D eigenvalue weighted by atomic mass is 10.1. The van der Waals surface area contributed by atoms with Crippen LogP contribution in [0.2, 0.25) is 0 Å². The molecule has 0 unspecified atom stereocenters. The molecule has 3 rings (SSSR count). The van der Waals surface area contributed by atoms with Crippen molar-refractivity contribution in [2.24, 2.45) is 0 Å². The van der Waals surface area contributed by atoms with Gasteiger partial charge in [-0.15, -0.1) is 0 Å². The Morgan fingerprint density at radius 2 is 1.54 bits per heavy atom. The average molecular weight is 380 g/mol. The van der Waals surface area contributed by atoms with Crippen LogP contribution in [0.4, 0.5) is 17.1 Å². The first kappa shape index (κ1) is 19.9. The molecule has 0 spiro atoms. The molecule has 2 aromatic carbocycles. The number of amides is 2. The number of carbonyl (C=O) groups is 2. The minimum absolute atomic E-state index is 0.215. The highest BCUT2D eigenvalue weighted by Gasteiger charge is 2.15. The SMILES string of the molecule is Cc1ccc(NC(=O)CC(=O)Nc2ccc(N3CCN(C)CC3)cc2)c(C)c1. The van der Waals surface area contributed by atoms with Gasteiger partial charge in [0.2, 0.25) is 11.8 Å². The molecular formula is C22H28N4O2. The Hall–Kier alpha value is -2.86. The largest absolute Gasteiger partial charge is 0.369 e. The number of nitrogens with zero attached hydrogens (tertiary/aromatic N) is 2. The van der Waals surface area contributed by atoms with Gasteiger partial charge in [0.25, 0.3) is 0 Å². The number of piperazine rings is 1. The van der Waals surface area contributed by atoms with E-state index in [-0.39, 0.29) is 18.2 Å². The van der Waals surface area contributed by atoms with E-state index in [4.69, 9.17) is 0 Å². The predicted octanol–water partition coefficient (Wildman–Crippen LogP) is 3.02. The van der Waals surface area contributed by atoms with Crippen LogP contribution in [0, 0.1) is 13.8 Å². The molecular weight excluding hydrogens is 352 g/mol. The molecule has 0 bridgehead atoms. The van der Waals surface area contributed by atoms with Gasteiger partial charge < -0.3 is 20.4 Å². The number of aryl methyl sites for hydroxylation is 2. The summed E-state index contributed by atoms with van der Waals surface area (Å²) in [6.45, 7) is 8.04. The van der Waals surface area contributed by atoms with Gasteiger partial charge in [-0.25, -0.2) is 0 Å². The van der Waals surface area contributed by atoms with Crippen molar-refractivity contribution < 1.29 is 9.59 Å². The molecule has 148 valence electrons. The van der Waals surface area contributed by atoms with Crippen LogP contribution in [0.3, 0.4) is 0 Å². The van der Waals surface area contributed by atoms with Crippen LogP contribution >= 0.6 is 0 Å². The summed E-state index contributed by atoms with van der Waals surface area (Å²) in [5.74, 6) is -0.645. The van der Waals surface area contributed by atoms with Crippen molar-refractivity contribution in [2.45, 2.75) is 20.3 Å². The van der Waals surface area contributed by atoms with Crippen LogP contribution in [-0.2, 0) is 9.59 Å². The Morgan fingerprint density at radius 3 is 2.18 bits per heavy atom. The number of carbonyl (C=O) groups excluding carboxylic acids is 2. The van der Waals surface area contributed by atoms with Crippen LogP contribution in [0.15, 0.2) is 42.5 Å². The lowest BCUT2D eigenvalue weighted by molar-refractivity contribution is -0.123. The van der Waals surface area contributed by atoms with Crippen LogP contribution in [0.5, 0.6) is 0 Å². The average Bonchev–Trinajstić information content (AvgIpc) is 2.65. The Morgan fingerprint density at radius 1 is 0.893 bits per heavy atom. The maximum Gasteiger partial charge on any atom is 0.233 e. The molecule has 2 N–H and O–H groups in total. The zero-order valence-corrected chi connectivity index (χ0v) is 16.8. The van der Waals surface area contributed by atoms with E-state index in [9.17, 15) is 9.59 Å². The van der Waals surface area contributed by atoms with Crippen molar-refractivity contribution in [3.05, 3.63) is 53.6 Å². The van der Waals surface area contributed by atoms with Crippen molar-refractivity contribution in [2.75, 3.05) is 48.8 Å². The fourth-order valence-corrected chi connectivity index (χ4v) is 3.32. The fraction of sp³-hybridized carbons (Fsp3) is 0.364. The smallest absolute Gasteiger partial charge is 0.233 e. The van der Waals surface area contributed by atoms with Gasteiger partial charge in [-0.05, 0) is 56.8 Å². The van der Waals surface area contributed by atoms with Gasteiger partial charge in [0.1, 0.15) is 6.42 Å². The molecule has 1 aliphatic heterocycles. The maximum atomic E-state index is 12.2. The summed E-state index contributed by atoms with van der Waals surface area (Å²) in [7, 11) is 2.13. The topological polar surface area (TPSA) is 64.7 Å². The van der Waals surface area contributed by atoms with E-state index in [1.54, 1.807) is 0 Å². The molecule has 6 nitrogen and oxygen atoms in total. The van der Waals surface area contributed by atoms with E-state index in [0.29, 0.717) is 5.69 Å². The van der Waals surface area contributed by atoms with Crippen LogP contribution in [0.25, 0.3) is 0 Å². The van der Waals surface area contributed by atoms with Crippen LogP contribution in [0.1, 0.15) is 17.5 Å². The molecule has 2 aromatic rings. The third kappa shape index (κ3) is 5.33. The van der Waals surface area contributed by atoms with Crippen molar-refractivity contribution in [1.29, 1.82) is 0 Å². The number of nitrogens with one attached hydrogen (secondary N) is 2. The highest BCUT2D eigenvalue weighted by molar-refractivity contribution is 6.08. The monoisotopic (exact) mass is 380 g/mol. The van der Waals surface area contributed by atoms with Gasteiger partial charge in [0.15, 0.2) is 0 Å². The molecule has 1 heterocycles. The zero-order chi connectivity index (χ0) is 20.1. The minimum atomic E-state index is -0.324. The number of hydrogen-bond donors (Lipinski definition) is 2. The maximum absolute atomic E-state index is 12.2. The Bertz CT molecular complexity index is 840. The molecule has 0 aromatic heterocycles. The van der Waals surface area contributed by atoms with Gasteiger partial charge in [-0.3, -0.25) is 9.59 Å². The summed E-state index contributed by atoms with van der Waals surface area (Å²) in [5.41, 5.74) is 4.70. The minimum Gasteiger partial charge on any atom is -0.369 e. The van der Waals surface area contributed by atoms with Crippen molar-refractivity contribution in [1.82, 2.24) is 4.90 Å². The van der Waals surface area contributed by atoms with Gasteiger partial charge in [0.05, 0.1) is 0 Å². The lowest BCUT2D eigenvalue weighted by Gasteiger charge is -2.34. The van der Waals surface area contributed by atoms with Crippen molar-refractivity contribution in [3.63, 3.8) is 0 Å². The summed E-state index contributed by atoms with van der Waals surface area (Å²) in [4.78, 5) is 29.0. The molecule has 0 atom stereocenters. The molecule has 0 radical (unpaired) electrons. The van der Waals surface area contributed by atoms with Gasteiger partial charge in [-0.1, -0.05) is 17.7 Å². The first-order chi connectivity index (χ1) is 13.4. The number of hydrogen-bond acceptors (Lipinski definition) is 4. The first-order valence-corrected chi connectivity index (χ1v) is 9.61. The summed E-state index contributed by atoms with van der Waals surface area (Å²) in [6.07, 6.45) is -0.215. The Balaban J connectivity index is 1.50. The normalized spacial score (nSPS) is 14.6. The van der Waals surface area contributed by atoms with Crippen molar-refractivity contribution in [3.8, 4) is 0 Å². The van der Waals surface area contributed by atoms with E-state index in [1.165, 1.54) is 0 Å². The molecule has 0 saturated carbocycles. The quantitative estimate of drug-likeness (QED) is 0.783. The second-order valence-corrected chi connectivity index (χ2v) is 7.43. The second kappa shape index (κ2) is 8.89. The van der Waals surface area contributed by atoms with Gasteiger partial charge in [-0.2, -0.15) is 0 Å². The summed E-state index contributed by atoms with van der Waals surface area (Å²) >= 11 is 0. The molecule has 1 fully saturated rings. The predicted molar refractivity (Wildman–Crippen MR) is 114 cm³/mol. The molecule has 2 amide bonds. The zero-order valence-electron chi connectivity index (χ0n) is 16.8. The fourth-order valence-electron chi connectivity index (χ4n) is 3.32. The molecule has 0 aliphatic carbocycles. The highest BCUT2D eigenvalue weighted by atomic mass is 16.2. The molecule has 28 heavy (non-hydrogen) atoms. The summed E-state index contributed by atoms with van der Waals surface area (Å²) in [5, 5.41) is 5.59. The molecule has 6 heteroatoms. The van der Waals surface area contributed by atoms with E-state index in [0.717, 1.165) is 48.7 Å². The van der Waals surface area contributed by atoms with Crippen molar-refractivity contribution >= 4 is 28.9 Å². The van der Waals surface area contributed by atoms with Crippen LogP contribution < -0.4 is 15.5 Å². The molecule has 1 aliphatic rings. The highest BCUT2D eigenvalue weighted by Crippen LogP contribution is 2.20. The standard InChI is InChI=1S/C22H28N4O2/c1-16-4-9-20(17(2)14-16)24-22(28)15-21(27)23-18-5-7-19(8-6-18)26-12-10-25(3)11-13-26/h4-9,14H,10-13,15H2,1-3H3,(H,23,27)(H,24,28). The number of rotatable bonds is 5. The number of likely N-dealkylation sites (N-methyl/N-ethyl adjacent to an activating group) is 1. The molecule has 1 saturated heterocycles. The van der Waals surface area contributed by atoms with Crippen LogP contribution in [-0.4, -0.2) is 49.9 Å². The van der Waals surface area contributed by atoms with E-state index >= 15 is 0 Å². The van der Waals surface area contributed by atoms with E-state index in [2.05, 4.69) is 27.5 Å². The summed E-state index contributed by atoms with van der Waals surface area (Å²) in [6, 6.07) is 13.6. The number of anilines is 3. The van der Waals surface area contributed by atoms with E-state index in [1.807, 2.05) is 56.3 Å². The second-order valence-electron chi connectivity index (χ2n) is 7.43. The van der Waals surface area contributed by atoms with E-state index < -0.39 is 0 Å². The summed E-state index contributed by atoms with van der Waals surface area (Å²) < 4.78 is 0. The van der Waals surface area contributed by atoms with Gasteiger partial charge in [0, 0.05) is 43.2 Å². The lowest BCUT2D eigenvalue weighted by Crippen LogP contribution is -2.44. The third-order valence-corrected chi connectivity index (χ3v) is 5.00. The Labute approximate surface area is 166 Å². The number of benzene rings is 2.